The van der Waals surface area contributed by atoms with E-state index in [1.807, 2.05) is 11.8 Å². The summed E-state index contributed by atoms with van der Waals surface area (Å²) in [7, 11) is 0. The number of nitrogens with one attached hydrogen (secondary N) is 1. The summed E-state index contributed by atoms with van der Waals surface area (Å²) in [6.07, 6.45) is 6.49. The summed E-state index contributed by atoms with van der Waals surface area (Å²) in [6, 6.07) is 0.800. The maximum Gasteiger partial charge on any atom is 0.0351 e. The number of piperidine rings is 1. The minimum absolute atomic E-state index is 0.800. The number of rotatable bonds is 3. The van der Waals surface area contributed by atoms with E-state index in [1.54, 1.807) is 0 Å². The van der Waals surface area contributed by atoms with Crippen molar-refractivity contribution in [3.05, 3.63) is 0 Å². The van der Waals surface area contributed by atoms with Crippen molar-refractivity contribution in [3.63, 3.8) is 0 Å². The first-order valence-corrected chi connectivity index (χ1v) is 7.61. The molecule has 3 unspecified atom stereocenters. The zero-order chi connectivity index (χ0) is 10.7. The van der Waals surface area contributed by atoms with Crippen LogP contribution in [0.4, 0.5) is 0 Å². The molecule has 2 aliphatic rings. The molecule has 0 bridgehead atoms. The van der Waals surface area contributed by atoms with Crippen molar-refractivity contribution >= 4 is 11.8 Å². The van der Waals surface area contributed by atoms with Crippen LogP contribution in [0.25, 0.3) is 0 Å². The molecule has 2 saturated heterocycles. The van der Waals surface area contributed by atoms with Gasteiger partial charge in [0.1, 0.15) is 0 Å². The van der Waals surface area contributed by atoms with Gasteiger partial charge in [0.05, 0.1) is 0 Å². The zero-order valence-corrected chi connectivity index (χ0v) is 10.9. The summed E-state index contributed by atoms with van der Waals surface area (Å²) in [5.74, 6) is 0.960. The second-order valence-electron chi connectivity index (χ2n) is 4.91. The van der Waals surface area contributed by atoms with Gasteiger partial charge in [0.15, 0.2) is 0 Å². The first kappa shape index (κ1) is 11.7. The summed E-state index contributed by atoms with van der Waals surface area (Å²) in [4.78, 5) is 2.75. The van der Waals surface area contributed by atoms with Gasteiger partial charge in [-0.1, -0.05) is 13.3 Å². The minimum Gasteiger partial charge on any atom is -0.314 e. The summed E-state index contributed by atoms with van der Waals surface area (Å²) < 4.78 is 0. The van der Waals surface area contributed by atoms with Crippen LogP contribution < -0.4 is 5.32 Å². The maximum atomic E-state index is 3.54. The van der Waals surface area contributed by atoms with Crippen molar-refractivity contribution in [1.82, 2.24) is 10.2 Å². The highest BCUT2D eigenvalue weighted by molar-refractivity contribution is 7.99. The van der Waals surface area contributed by atoms with Gasteiger partial charge in [-0.2, -0.15) is 11.8 Å². The molecule has 2 rings (SSSR count). The van der Waals surface area contributed by atoms with Crippen LogP contribution in [0, 0.1) is 5.92 Å². The third kappa shape index (κ3) is 2.69. The molecule has 2 fully saturated rings. The Bertz CT molecular complexity index is 198. The van der Waals surface area contributed by atoms with Crippen LogP contribution >= 0.6 is 11.8 Å². The molecule has 0 radical (unpaired) electrons. The van der Waals surface area contributed by atoms with Gasteiger partial charge in [-0.25, -0.2) is 0 Å². The first-order chi connectivity index (χ1) is 7.35. The third-order valence-electron chi connectivity index (χ3n) is 4.03. The highest BCUT2D eigenvalue weighted by Gasteiger charge is 2.33. The van der Waals surface area contributed by atoms with Crippen LogP contribution in [0.15, 0.2) is 0 Å². The second-order valence-corrected chi connectivity index (χ2v) is 5.99. The molecule has 0 aliphatic carbocycles. The Hall–Kier alpha value is 0.270. The SMILES string of the molecule is CCC1CCCN(C2CNCC2SC)C1. The normalized spacial score (nSPS) is 38.4. The topological polar surface area (TPSA) is 15.3 Å². The molecule has 1 N–H and O–H groups in total. The Morgan fingerprint density at radius 1 is 1.40 bits per heavy atom. The first-order valence-electron chi connectivity index (χ1n) is 6.32. The molecular formula is C12H24N2S. The summed E-state index contributed by atoms with van der Waals surface area (Å²) in [5.41, 5.74) is 0. The van der Waals surface area contributed by atoms with Crippen molar-refractivity contribution in [2.45, 2.75) is 37.5 Å². The van der Waals surface area contributed by atoms with E-state index in [-0.39, 0.29) is 0 Å². The maximum absolute atomic E-state index is 3.54. The highest BCUT2D eigenvalue weighted by atomic mass is 32.2. The molecule has 0 aromatic heterocycles. The molecule has 0 aromatic carbocycles. The molecule has 3 atom stereocenters. The summed E-state index contributed by atoms with van der Waals surface area (Å²) in [5, 5.41) is 4.36. The van der Waals surface area contributed by atoms with Crippen molar-refractivity contribution < 1.29 is 0 Å². The molecular weight excluding hydrogens is 204 g/mol. The van der Waals surface area contributed by atoms with Crippen LogP contribution in [0.1, 0.15) is 26.2 Å². The van der Waals surface area contributed by atoms with E-state index in [0.29, 0.717) is 0 Å². The van der Waals surface area contributed by atoms with Gasteiger partial charge < -0.3 is 5.32 Å². The van der Waals surface area contributed by atoms with Crippen molar-refractivity contribution in [2.24, 2.45) is 5.92 Å². The van der Waals surface area contributed by atoms with Crippen LogP contribution in [0.2, 0.25) is 0 Å². The third-order valence-corrected chi connectivity index (χ3v) is 5.11. The zero-order valence-electron chi connectivity index (χ0n) is 10.0. The van der Waals surface area contributed by atoms with E-state index in [4.69, 9.17) is 0 Å². The van der Waals surface area contributed by atoms with E-state index in [2.05, 4.69) is 23.4 Å². The fourth-order valence-electron chi connectivity index (χ4n) is 2.98. The van der Waals surface area contributed by atoms with E-state index >= 15 is 0 Å². The molecule has 2 heterocycles. The highest BCUT2D eigenvalue weighted by Crippen LogP contribution is 2.26. The Balaban J connectivity index is 1.91. The molecule has 0 spiro atoms. The molecule has 88 valence electrons. The Labute approximate surface area is 98.2 Å². The van der Waals surface area contributed by atoms with E-state index in [1.165, 1.54) is 45.4 Å². The van der Waals surface area contributed by atoms with Gasteiger partial charge in [-0.05, 0) is 31.6 Å². The van der Waals surface area contributed by atoms with E-state index in [9.17, 15) is 0 Å². The number of hydrogen-bond acceptors (Lipinski definition) is 3. The minimum atomic E-state index is 0.800. The fraction of sp³-hybridized carbons (Fsp3) is 1.00. The van der Waals surface area contributed by atoms with Crippen LogP contribution in [0.5, 0.6) is 0 Å². The Morgan fingerprint density at radius 3 is 3.00 bits per heavy atom. The molecule has 2 aliphatic heterocycles. The van der Waals surface area contributed by atoms with E-state index < -0.39 is 0 Å². The number of thioether (sulfide) groups is 1. The standard InChI is InChI=1S/C12H24N2S/c1-3-10-5-4-6-14(9-10)11-7-13-8-12(11)15-2/h10-13H,3-9H2,1-2H3. The van der Waals surface area contributed by atoms with Gasteiger partial charge in [-0.3, -0.25) is 4.90 Å². The quantitative estimate of drug-likeness (QED) is 0.793. The fourth-order valence-corrected chi connectivity index (χ4v) is 3.84. The van der Waals surface area contributed by atoms with Crippen molar-refractivity contribution in [1.29, 1.82) is 0 Å². The second kappa shape index (κ2) is 5.55. The average Bonchev–Trinajstić information content (AvgIpc) is 2.77. The van der Waals surface area contributed by atoms with Crippen molar-refractivity contribution in [3.8, 4) is 0 Å². The van der Waals surface area contributed by atoms with Gasteiger partial charge in [0, 0.05) is 30.9 Å². The van der Waals surface area contributed by atoms with Crippen LogP contribution in [-0.2, 0) is 0 Å². The monoisotopic (exact) mass is 228 g/mol. The molecule has 3 heteroatoms. The lowest BCUT2D eigenvalue weighted by Crippen LogP contribution is -2.47. The lowest BCUT2D eigenvalue weighted by atomic mass is 9.94. The van der Waals surface area contributed by atoms with Gasteiger partial charge in [-0.15, -0.1) is 0 Å². The molecule has 15 heavy (non-hydrogen) atoms. The smallest absolute Gasteiger partial charge is 0.0351 e. The largest absolute Gasteiger partial charge is 0.314 e. The molecule has 0 saturated carbocycles. The number of likely N-dealkylation sites (tertiary alicyclic amines) is 1. The average molecular weight is 228 g/mol. The number of hydrogen-bond donors (Lipinski definition) is 1. The number of nitrogens with zero attached hydrogens (tertiary/aromatic N) is 1. The van der Waals surface area contributed by atoms with Crippen LogP contribution in [-0.4, -0.2) is 48.6 Å². The predicted octanol–water partition coefficient (Wildman–Crippen LogP) is 1.81. The summed E-state index contributed by atoms with van der Waals surface area (Å²) in [6.45, 7) is 7.44. The van der Waals surface area contributed by atoms with E-state index in [0.717, 1.165) is 17.2 Å². The lowest BCUT2D eigenvalue weighted by molar-refractivity contribution is 0.131. The van der Waals surface area contributed by atoms with Crippen molar-refractivity contribution in [2.75, 3.05) is 32.4 Å². The van der Waals surface area contributed by atoms with Crippen LogP contribution in [0.3, 0.4) is 0 Å². The lowest BCUT2D eigenvalue weighted by Gasteiger charge is -2.38. The Morgan fingerprint density at radius 2 is 2.27 bits per heavy atom. The summed E-state index contributed by atoms with van der Waals surface area (Å²) >= 11 is 2.04. The van der Waals surface area contributed by atoms with Gasteiger partial charge in [0.25, 0.3) is 0 Å². The molecule has 2 nitrogen and oxygen atoms in total. The van der Waals surface area contributed by atoms with Gasteiger partial charge in [0.2, 0.25) is 0 Å². The molecule has 0 aromatic rings. The van der Waals surface area contributed by atoms with Gasteiger partial charge >= 0.3 is 0 Å². The Kier molecular flexibility index (Phi) is 4.35. The molecule has 0 amide bonds. The predicted molar refractivity (Wildman–Crippen MR) is 68.5 cm³/mol.